The Balaban J connectivity index is 1.37. The molecule has 3 aromatic carbocycles. The minimum absolute atomic E-state index is 0.00874. The van der Waals surface area contributed by atoms with Crippen LogP contribution in [0.3, 0.4) is 0 Å². The number of hydrogen-bond acceptors (Lipinski definition) is 6. The number of nitrogens with one attached hydrogen (secondary N) is 1. The summed E-state index contributed by atoms with van der Waals surface area (Å²) in [5.74, 6) is 0.107. The highest BCUT2D eigenvalue weighted by molar-refractivity contribution is 7.99. The smallest absolute Gasteiger partial charge is 0.272 e. The fourth-order valence-electron chi connectivity index (χ4n) is 4.96. The monoisotopic (exact) mass is 656 g/mol. The fourth-order valence-corrected chi connectivity index (χ4v) is 6.19. The Morgan fingerprint density at radius 1 is 0.930 bits per heavy atom. The van der Waals surface area contributed by atoms with Gasteiger partial charge in [0.05, 0.1) is 23.8 Å². The zero-order valence-electron chi connectivity index (χ0n) is 23.3. The molecule has 4 aromatic rings. The van der Waals surface area contributed by atoms with Crippen molar-refractivity contribution in [2.24, 2.45) is 5.92 Å². The highest BCUT2D eigenvalue weighted by Gasteiger charge is 2.38. The Bertz CT molecular complexity index is 1500. The number of alkyl halides is 3. The van der Waals surface area contributed by atoms with Gasteiger partial charge < -0.3 is 19.9 Å². The van der Waals surface area contributed by atoms with Gasteiger partial charge in [-0.1, -0.05) is 121 Å². The standard InChI is InChI=1S/C33H31Cl3N2O4S/c1-21-28(20-43-29-8-4-5-17-37-29)41-31(42-30(21)24-11-9-22(19-39)10-12-24)25-15-13-23(14-16-25)27-7-3-2-6-26(27)18-38-32(40)33(34,35)36/h2-17,21,28,30-31,39H,18-20H2,1H3,(H,38,40)/t21-,28+,30+,31+/m0/s1. The van der Waals surface area contributed by atoms with Gasteiger partial charge in [-0.25, -0.2) is 4.98 Å². The summed E-state index contributed by atoms with van der Waals surface area (Å²) >= 11 is 18.8. The normalized spacial score (nSPS) is 20.5. The number of amides is 1. The number of hydrogen-bond donors (Lipinski definition) is 2. The van der Waals surface area contributed by atoms with Gasteiger partial charge in [-0.15, -0.1) is 11.8 Å². The van der Waals surface area contributed by atoms with Crippen molar-refractivity contribution in [2.75, 3.05) is 5.75 Å². The number of aliphatic hydroxyl groups excluding tert-OH is 1. The summed E-state index contributed by atoms with van der Waals surface area (Å²) in [4.78, 5) is 16.5. The Kier molecular flexibility index (Phi) is 10.7. The molecule has 1 fully saturated rings. The van der Waals surface area contributed by atoms with Crippen molar-refractivity contribution < 1.29 is 19.4 Å². The molecule has 2 N–H and O–H groups in total. The first-order valence-electron chi connectivity index (χ1n) is 13.8. The summed E-state index contributed by atoms with van der Waals surface area (Å²) in [7, 11) is 0. The SMILES string of the molecule is C[C@H]1[C@@H](CSc2ccccn2)O[C@@H](c2ccc(-c3ccccc3CNC(=O)C(Cl)(Cl)Cl)cc2)O[C@H]1c1ccc(CO)cc1. The molecule has 0 spiro atoms. The minimum atomic E-state index is -2.03. The van der Waals surface area contributed by atoms with Gasteiger partial charge >= 0.3 is 0 Å². The lowest BCUT2D eigenvalue weighted by Crippen LogP contribution is -2.38. The lowest BCUT2D eigenvalue weighted by atomic mass is 9.91. The van der Waals surface area contributed by atoms with Crippen LogP contribution in [0.25, 0.3) is 11.1 Å². The maximum atomic E-state index is 12.1. The van der Waals surface area contributed by atoms with Gasteiger partial charge in [-0.05, 0) is 39.9 Å². The molecular weight excluding hydrogens is 627 g/mol. The average molecular weight is 658 g/mol. The highest BCUT2D eigenvalue weighted by atomic mass is 35.6. The van der Waals surface area contributed by atoms with E-state index in [1.165, 1.54) is 0 Å². The van der Waals surface area contributed by atoms with E-state index in [2.05, 4.69) is 17.2 Å². The quantitative estimate of drug-likeness (QED) is 0.141. The van der Waals surface area contributed by atoms with E-state index in [1.807, 2.05) is 91.0 Å². The largest absolute Gasteiger partial charge is 0.392 e. The molecule has 1 aromatic heterocycles. The van der Waals surface area contributed by atoms with Gasteiger partial charge in [-0.2, -0.15) is 0 Å². The molecule has 6 nitrogen and oxygen atoms in total. The number of thioether (sulfide) groups is 1. The van der Waals surface area contributed by atoms with E-state index in [0.29, 0.717) is 5.75 Å². The van der Waals surface area contributed by atoms with Gasteiger partial charge in [0.1, 0.15) is 0 Å². The molecule has 43 heavy (non-hydrogen) atoms. The van der Waals surface area contributed by atoms with Gasteiger partial charge in [0, 0.05) is 30.0 Å². The second kappa shape index (κ2) is 14.4. The third kappa shape index (κ3) is 8.11. The first-order chi connectivity index (χ1) is 20.7. The van der Waals surface area contributed by atoms with Crippen LogP contribution in [0.15, 0.2) is 102 Å². The fraction of sp³-hybridized carbons (Fsp3) is 0.273. The molecule has 1 aliphatic rings. The molecule has 1 saturated heterocycles. The lowest BCUT2D eigenvalue weighted by molar-refractivity contribution is -0.268. The van der Waals surface area contributed by atoms with Crippen LogP contribution < -0.4 is 5.32 Å². The second-order valence-corrected chi connectivity index (χ2v) is 13.6. The number of aliphatic hydroxyl groups is 1. The number of ether oxygens (including phenoxy) is 2. The number of rotatable bonds is 9. The molecule has 0 unspecified atom stereocenters. The van der Waals surface area contributed by atoms with E-state index >= 15 is 0 Å². The van der Waals surface area contributed by atoms with E-state index in [0.717, 1.165) is 38.4 Å². The number of halogens is 3. The van der Waals surface area contributed by atoms with Crippen LogP contribution in [0.5, 0.6) is 0 Å². The van der Waals surface area contributed by atoms with Crippen LogP contribution >= 0.6 is 46.6 Å². The maximum absolute atomic E-state index is 12.1. The topological polar surface area (TPSA) is 80.7 Å². The van der Waals surface area contributed by atoms with Crippen LogP contribution in [0.2, 0.25) is 0 Å². The highest BCUT2D eigenvalue weighted by Crippen LogP contribution is 2.43. The van der Waals surface area contributed by atoms with Crippen molar-refractivity contribution >= 4 is 52.5 Å². The van der Waals surface area contributed by atoms with Crippen LogP contribution in [0, 0.1) is 5.92 Å². The third-order valence-corrected chi connectivity index (χ3v) is 8.91. The van der Waals surface area contributed by atoms with Gasteiger partial charge in [0.2, 0.25) is 0 Å². The predicted octanol–water partition coefficient (Wildman–Crippen LogP) is 7.81. The third-order valence-electron chi connectivity index (χ3n) is 7.36. The number of carbonyl (C=O) groups excluding carboxylic acids is 1. The molecule has 0 saturated carbocycles. The molecule has 0 bridgehead atoms. The number of nitrogens with zero attached hydrogens (tertiary/aromatic N) is 1. The summed E-state index contributed by atoms with van der Waals surface area (Å²) in [6.07, 6.45) is 0.901. The molecule has 4 atom stereocenters. The molecule has 1 amide bonds. The second-order valence-electron chi connectivity index (χ2n) is 10.3. The number of carbonyl (C=O) groups is 1. The van der Waals surface area contributed by atoms with Crippen LogP contribution in [-0.2, 0) is 27.4 Å². The molecule has 2 heterocycles. The minimum Gasteiger partial charge on any atom is -0.392 e. The number of aromatic nitrogens is 1. The van der Waals surface area contributed by atoms with Crippen molar-refractivity contribution in [1.29, 1.82) is 0 Å². The first kappa shape index (κ1) is 31.8. The molecular formula is C33H31Cl3N2O4S. The summed E-state index contributed by atoms with van der Waals surface area (Å²) in [5.41, 5.74) is 5.57. The molecule has 0 aliphatic carbocycles. The Labute approximate surface area is 270 Å². The molecule has 224 valence electrons. The molecule has 1 aliphatic heterocycles. The van der Waals surface area contributed by atoms with Gasteiger partial charge in [-0.3, -0.25) is 4.79 Å². The zero-order valence-corrected chi connectivity index (χ0v) is 26.4. The number of benzene rings is 3. The van der Waals surface area contributed by atoms with Crippen molar-refractivity contribution in [1.82, 2.24) is 10.3 Å². The van der Waals surface area contributed by atoms with Crippen molar-refractivity contribution in [2.45, 2.75) is 47.4 Å². The Morgan fingerprint density at radius 2 is 1.63 bits per heavy atom. The zero-order chi connectivity index (χ0) is 30.4. The summed E-state index contributed by atoms with van der Waals surface area (Å²) < 4.78 is 11.1. The average Bonchev–Trinajstić information content (AvgIpc) is 3.03. The summed E-state index contributed by atoms with van der Waals surface area (Å²) in [5, 5.41) is 13.1. The maximum Gasteiger partial charge on any atom is 0.272 e. The van der Waals surface area contributed by atoms with Crippen LogP contribution in [0.1, 0.15) is 41.6 Å². The van der Waals surface area contributed by atoms with Crippen LogP contribution in [0.4, 0.5) is 0 Å². The predicted molar refractivity (Wildman–Crippen MR) is 172 cm³/mol. The van der Waals surface area contributed by atoms with Crippen molar-refractivity contribution in [3.05, 3.63) is 119 Å². The molecule has 10 heteroatoms. The Morgan fingerprint density at radius 3 is 2.30 bits per heavy atom. The van der Waals surface area contributed by atoms with Gasteiger partial charge in [0.15, 0.2) is 6.29 Å². The van der Waals surface area contributed by atoms with E-state index in [9.17, 15) is 9.90 Å². The van der Waals surface area contributed by atoms with E-state index < -0.39 is 16.0 Å². The lowest BCUT2D eigenvalue weighted by Gasteiger charge is -2.41. The summed E-state index contributed by atoms with van der Waals surface area (Å²) in [6.45, 7) is 2.35. The van der Waals surface area contributed by atoms with Crippen LogP contribution in [-0.4, -0.2) is 31.6 Å². The molecule has 5 rings (SSSR count). The van der Waals surface area contributed by atoms with E-state index in [4.69, 9.17) is 44.3 Å². The number of pyridine rings is 1. The van der Waals surface area contributed by atoms with Crippen molar-refractivity contribution in [3.63, 3.8) is 0 Å². The van der Waals surface area contributed by atoms with E-state index in [-0.39, 0.29) is 31.3 Å². The van der Waals surface area contributed by atoms with Crippen molar-refractivity contribution in [3.8, 4) is 11.1 Å². The molecule has 0 radical (unpaired) electrons. The Hall–Kier alpha value is -2.62. The van der Waals surface area contributed by atoms with E-state index in [1.54, 1.807) is 18.0 Å². The van der Waals surface area contributed by atoms with Gasteiger partial charge in [0.25, 0.3) is 9.70 Å². The first-order valence-corrected chi connectivity index (χ1v) is 15.9. The summed E-state index contributed by atoms with van der Waals surface area (Å²) in [6, 6.07) is 29.5.